The van der Waals surface area contributed by atoms with Crippen LogP contribution in [0.25, 0.3) is 0 Å². The van der Waals surface area contributed by atoms with Crippen LogP contribution in [0.4, 0.5) is 5.69 Å². The van der Waals surface area contributed by atoms with Crippen LogP contribution in [0.1, 0.15) is 20.8 Å². The molecule has 0 aliphatic carbocycles. The van der Waals surface area contributed by atoms with Crippen LogP contribution in [0.3, 0.4) is 0 Å². The Bertz CT molecular complexity index is 638. The molecule has 0 spiro atoms. The maximum Gasteiger partial charge on any atom is 0.354 e. The summed E-state index contributed by atoms with van der Waals surface area (Å²) < 4.78 is 0.926. The van der Waals surface area contributed by atoms with Crippen LogP contribution in [0.2, 0.25) is 0 Å². The average molecular weight is 335 g/mol. The maximum absolute atomic E-state index is 12.2. The van der Waals surface area contributed by atoms with Crippen LogP contribution in [0.5, 0.6) is 0 Å². The molecule has 1 aromatic carbocycles. The number of pyridine rings is 1. The highest BCUT2D eigenvalue weighted by atomic mass is 79.9. The van der Waals surface area contributed by atoms with E-state index in [1.54, 1.807) is 19.2 Å². The van der Waals surface area contributed by atoms with Crippen molar-refractivity contribution in [2.45, 2.75) is 0 Å². The quantitative estimate of drug-likeness (QED) is 0.936. The number of aromatic carboxylic acids is 1. The Labute approximate surface area is 124 Å². The predicted molar refractivity (Wildman–Crippen MR) is 78.1 cm³/mol. The summed E-state index contributed by atoms with van der Waals surface area (Å²) in [4.78, 5) is 28.2. The van der Waals surface area contributed by atoms with Gasteiger partial charge in [0.15, 0.2) is 0 Å². The lowest BCUT2D eigenvalue weighted by atomic mass is 10.2. The number of carboxylic acids is 1. The molecule has 1 amide bonds. The Balaban J connectivity index is 2.22. The summed E-state index contributed by atoms with van der Waals surface area (Å²) in [5, 5.41) is 8.77. The van der Waals surface area contributed by atoms with Gasteiger partial charge < -0.3 is 10.0 Å². The number of rotatable bonds is 3. The van der Waals surface area contributed by atoms with Crippen LogP contribution >= 0.6 is 15.9 Å². The molecule has 0 atom stereocenters. The van der Waals surface area contributed by atoms with Gasteiger partial charge in [-0.1, -0.05) is 15.9 Å². The van der Waals surface area contributed by atoms with Crippen molar-refractivity contribution in [1.82, 2.24) is 4.98 Å². The molecule has 20 heavy (non-hydrogen) atoms. The largest absolute Gasteiger partial charge is 0.477 e. The Morgan fingerprint density at radius 1 is 1.15 bits per heavy atom. The fourth-order valence-corrected chi connectivity index (χ4v) is 1.89. The van der Waals surface area contributed by atoms with Crippen LogP contribution in [0, 0.1) is 0 Å². The third-order valence-electron chi connectivity index (χ3n) is 2.75. The van der Waals surface area contributed by atoms with Gasteiger partial charge in [-0.15, -0.1) is 0 Å². The summed E-state index contributed by atoms with van der Waals surface area (Å²) >= 11 is 3.33. The number of benzene rings is 1. The van der Waals surface area contributed by atoms with E-state index >= 15 is 0 Å². The molecular formula is C14H11BrN2O3. The van der Waals surface area contributed by atoms with Crippen molar-refractivity contribution in [2.24, 2.45) is 0 Å². The number of anilines is 1. The standard InChI is InChI=1S/C14H11BrN2O3/c1-17(11-5-3-10(15)4-6-11)13(18)9-2-7-12(14(19)20)16-8-9/h2-8H,1H3,(H,19,20). The second-order valence-corrected chi connectivity index (χ2v) is 4.99. The lowest BCUT2D eigenvalue weighted by molar-refractivity contribution is 0.0690. The topological polar surface area (TPSA) is 70.5 Å². The Morgan fingerprint density at radius 2 is 1.80 bits per heavy atom. The number of carbonyl (C=O) groups excluding carboxylic acids is 1. The van der Waals surface area contributed by atoms with Crippen molar-refractivity contribution in [1.29, 1.82) is 0 Å². The van der Waals surface area contributed by atoms with Gasteiger partial charge in [-0.25, -0.2) is 9.78 Å². The number of halogens is 1. The Morgan fingerprint density at radius 3 is 2.30 bits per heavy atom. The minimum Gasteiger partial charge on any atom is -0.477 e. The summed E-state index contributed by atoms with van der Waals surface area (Å²) in [7, 11) is 1.65. The summed E-state index contributed by atoms with van der Waals surface area (Å²) in [5.74, 6) is -1.37. The van der Waals surface area contributed by atoms with Gasteiger partial charge in [-0.05, 0) is 36.4 Å². The Hall–Kier alpha value is -2.21. The van der Waals surface area contributed by atoms with Crippen LogP contribution < -0.4 is 4.90 Å². The molecule has 0 unspecified atom stereocenters. The van der Waals surface area contributed by atoms with Gasteiger partial charge in [0.2, 0.25) is 0 Å². The van der Waals surface area contributed by atoms with Crippen LogP contribution in [-0.4, -0.2) is 29.0 Å². The van der Waals surface area contributed by atoms with E-state index < -0.39 is 5.97 Å². The first kappa shape index (κ1) is 14.2. The number of carbonyl (C=O) groups is 2. The first-order valence-corrected chi connectivity index (χ1v) is 6.51. The second kappa shape index (κ2) is 5.83. The third-order valence-corrected chi connectivity index (χ3v) is 3.28. The van der Waals surface area contributed by atoms with Gasteiger partial charge >= 0.3 is 5.97 Å². The van der Waals surface area contributed by atoms with Crippen molar-refractivity contribution >= 4 is 33.5 Å². The fraction of sp³-hybridized carbons (Fsp3) is 0.0714. The third kappa shape index (κ3) is 3.03. The normalized spacial score (nSPS) is 10.1. The zero-order chi connectivity index (χ0) is 14.7. The molecule has 1 heterocycles. The summed E-state index contributed by atoms with van der Waals surface area (Å²) in [6.45, 7) is 0. The molecule has 1 N–H and O–H groups in total. The van der Waals surface area contributed by atoms with Gasteiger partial charge in [-0.2, -0.15) is 0 Å². The fourth-order valence-electron chi connectivity index (χ4n) is 1.62. The summed E-state index contributed by atoms with van der Waals surface area (Å²) in [6, 6.07) is 10.1. The van der Waals surface area contributed by atoms with E-state index in [9.17, 15) is 9.59 Å². The number of amides is 1. The smallest absolute Gasteiger partial charge is 0.354 e. The lowest BCUT2D eigenvalue weighted by Crippen LogP contribution is -2.26. The summed E-state index contributed by atoms with van der Waals surface area (Å²) in [6.07, 6.45) is 1.27. The molecule has 0 radical (unpaired) electrons. The molecule has 0 saturated heterocycles. The number of hydrogen-bond donors (Lipinski definition) is 1. The minimum atomic E-state index is -1.12. The van der Waals surface area contributed by atoms with Crippen molar-refractivity contribution < 1.29 is 14.7 Å². The Kier molecular flexibility index (Phi) is 4.14. The molecule has 0 bridgehead atoms. The van der Waals surface area contributed by atoms with Gasteiger partial charge in [0.1, 0.15) is 5.69 Å². The van der Waals surface area contributed by atoms with Crippen molar-refractivity contribution in [3.63, 3.8) is 0 Å². The van der Waals surface area contributed by atoms with E-state index in [1.807, 2.05) is 12.1 Å². The molecule has 6 heteroatoms. The molecule has 5 nitrogen and oxygen atoms in total. The molecule has 2 aromatic rings. The highest BCUT2D eigenvalue weighted by Gasteiger charge is 2.14. The van der Waals surface area contributed by atoms with Crippen LogP contribution in [-0.2, 0) is 0 Å². The zero-order valence-corrected chi connectivity index (χ0v) is 12.2. The predicted octanol–water partition coefficient (Wildman–Crippen LogP) is 2.82. The first-order valence-electron chi connectivity index (χ1n) is 5.72. The van der Waals surface area contributed by atoms with E-state index in [-0.39, 0.29) is 11.6 Å². The molecule has 2 rings (SSSR count). The molecular weight excluding hydrogens is 324 g/mol. The van der Waals surface area contributed by atoms with Gasteiger partial charge in [-0.3, -0.25) is 4.79 Å². The number of aromatic nitrogens is 1. The number of hydrogen-bond acceptors (Lipinski definition) is 3. The van der Waals surface area contributed by atoms with E-state index in [0.29, 0.717) is 5.56 Å². The summed E-state index contributed by atoms with van der Waals surface area (Å²) in [5.41, 5.74) is 0.980. The van der Waals surface area contributed by atoms with E-state index in [0.717, 1.165) is 10.2 Å². The number of carboxylic acid groups (broad SMARTS) is 1. The van der Waals surface area contributed by atoms with Crippen molar-refractivity contribution in [3.05, 3.63) is 58.3 Å². The number of nitrogens with zero attached hydrogens (tertiary/aromatic N) is 2. The van der Waals surface area contributed by atoms with Crippen molar-refractivity contribution in [3.8, 4) is 0 Å². The SMILES string of the molecule is CN(C(=O)c1ccc(C(=O)O)nc1)c1ccc(Br)cc1. The van der Waals surface area contributed by atoms with E-state index in [1.165, 1.54) is 23.2 Å². The monoisotopic (exact) mass is 334 g/mol. The first-order chi connectivity index (χ1) is 9.49. The highest BCUT2D eigenvalue weighted by Crippen LogP contribution is 2.19. The maximum atomic E-state index is 12.2. The highest BCUT2D eigenvalue weighted by molar-refractivity contribution is 9.10. The minimum absolute atomic E-state index is 0.0900. The van der Waals surface area contributed by atoms with E-state index in [4.69, 9.17) is 5.11 Å². The van der Waals surface area contributed by atoms with Crippen molar-refractivity contribution in [2.75, 3.05) is 11.9 Å². The lowest BCUT2D eigenvalue weighted by Gasteiger charge is -2.17. The van der Waals surface area contributed by atoms with E-state index in [2.05, 4.69) is 20.9 Å². The molecule has 0 aliphatic rings. The van der Waals surface area contributed by atoms with Gasteiger partial charge in [0.25, 0.3) is 5.91 Å². The van der Waals surface area contributed by atoms with Gasteiger partial charge in [0.05, 0.1) is 5.56 Å². The molecule has 0 saturated carbocycles. The molecule has 1 aromatic heterocycles. The van der Waals surface area contributed by atoms with Gasteiger partial charge in [0, 0.05) is 23.4 Å². The molecule has 102 valence electrons. The average Bonchev–Trinajstić information content (AvgIpc) is 2.46. The van der Waals surface area contributed by atoms with Crippen LogP contribution in [0.15, 0.2) is 47.1 Å². The zero-order valence-electron chi connectivity index (χ0n) is 10.6. The molecule has 0 aliphatic heterocycles. The second-order valence-electron chi connectivity index (χ2n) is 4.08. The molecule has 0 fully saturated rings.